The van der Waals surface area contributed by atoms with Crippen molar-refractivity contribution in [2.45, 2.75) is 32.7 Å². The van der Waals surface area contributed by atoms with Crippen LogP contribution in [0.25, 0.3) is 0 Å². The monoisotopic (exact) mass is 237 g/mol. The van der Waals surface area contributed by atoms with Crippen molar-refractivity contribution in [1.29, 1.82) is 0 Å². The molecule has 1 aliphatic heterocycles. The van der Waals surface area contributed by atoms with Crippen molar-refractivity contribution in [2.24, 2.45) is 5.92 Å². The van der Waals surface area contributed by atoms with Crippen molar-refractivity contribution in [3.05, 3.63) is 11.9 Å². The first-order valence-corrected chi connectivity index (χ1v) is 5.57. The maximum atomic E-state index is 11.9. The van der Waals surface area contributed by atoms with Crippen LogP contribution in [0.15, 0.2) is 6.20 Å². The molecule has 1 aliphatic rings. The average molecular weight is 237 g/mol. The Bertz CT molecular complexity index is 455. The van der Waals surface area contributed by atoms with Gasteiger partial charge >= 0.3 is 5.97 Å². The molecule has 2 rings (SSSR count). The van der Waals surface area contributed by atoms with Crippen LogP contribution in [0.2, 0.25) is 0 Å². The van der Waals surface area contributed by atoms with Gasteiger partial charge in [0.2, 0.25) is 5.91 Å². The number of amides is 1. The zero-order chi connectivity index (χ0) is 12.6. The molecule has 1 amide bonds. The predicted molar refractivity (Wildman–Crippen MR) is 60.6 cm³/mol. The number of piperidine rings is 1. The number of carboxylic acids is 1. The van der Waals surface area contributed by atoms with E-state index in [0.717, 1.165) is 5.69 Å². The summed E-state index contributed by atoms with van der Waals surface area (Å²) < 4.78 is 0. The lowest BCUT2D eigenvalue weighted by molar-refractivity contribution is -0.143. The van der Waals surface area contributed by atoms with E-state index >= 15 is 0 Å². The Kier molecular flexibility index (Phi) is 2.87. The van der Waals surface area contributed by atoms with Gasteiger partial charge in [0.15, 0.2) is 0 Å². The third kappa shape index (κ3) is 1.90. The molecule has 6 nitrogen and oxygen atoms in total. The average Bonchev–Trinajstić information content (AvgIpc) is 2.64. The van der Waals surface area contributed by atoms with Gasteiger partial charge in [-0.2, -0.15) is 5.10 Å². The molecule has 1 aromatic rings. The number of aliphatic carboxylic acids is 1. The summed E-state index contributed by atoms with van der Waals surface area (Å²) in [6.45, 7) is 3.58. The number of nitrogens with zero attached hydrogens (tertiary/aromatic N) is 2. The van der Waals surface area contributed by atoms with E-state index in [2.05, 4.69) is 10.2 Å². The van der Waals surface area contributed by atoms with Crippen molar-refractivity contribution in [2.75, 3.05) is 4.90 Å². The Morgan fingerprint density at radius 1 is 1.65 bits per heavy atom. The van der Waals surface area contributed by atoms with Gasteiger partial charge < -0.3 is 10.0 Å². The van der Waals surface area contributed by atoms with Crippen molar-refractivity contribution in [3.63, 3.8) is 0 Å². The molecular formula is C11H15N3O3. The van der Waals surface area contributed by atoms with E-state index in [1.165, 1.54) is 0 Å². The molecule has 92 valence electrons. The van der Waals surface area contributed by atoms with E-state index in [1.54, 1.807) is 18.0 Å². The SMILES string of the molecule is Cc1[nH]ncc1N1C(=O)CC[C@H](C(=O)O)[C@H]1C. The van der Waals surface area contributed by atoms with E-state index in [0.29, 0.717) is 12.1 Å². The van der Waals surface area contributed by atoms with Crippen LogP contribution in [0.4, 0.5) is 5.69 Å². The summed E-state index contributed by atoms with van der Waals surface area (Å²) in [5, 5.41) is 15.7. The fourth-order valence-electron chi connectivity index (χ4n) is 2.32. The van der Waals surface area contributed by atoms with E-state index in [4.69, 9.17) is 5.11 Å². The number of carbonyl (C=O) groups is 2. The summed E-state index contributed by atoms with van der Waals surface area (Å²) >= 11 is 0. The Labute approximate surface area is 98.6 Å². The second kappa shape index (κ2) is 4.20. The molecule has 0 aliphatic carbocycles. The fraction of sp³-hybridized carbons (Fsp3) is 0.545. The Hall–Kier alpha value is -1.85. The van der Waals surface area contributed by atoms with Gasteiger partial charge in [-0.05, 0) is 20.3 Å². The summed E-state index contributed by atoms with van der Waals surface area (Å²) in [7, 11) is 0. The summed E-state index contributed by atoms with van der Waals surface area (Å²) in [6.07, 6.45) is 2.24. The molecular weight excluding hydrogens is 222 g/mol. The van der Waals surface area contributed by atoms with Crippen molar-refractivity contribution in [3.8, 4) is 0 Å². The predicted octanol–water partition coefficient (Wildman–Crippen LogP) is 0.934. The van der Waals surface area contributed by atoms with Gasteiger partial charge in [-0.15, -0.1) is 0 Å². The molecule has 0 radical (unpaired) electrons. The lowest BCUT2D eigenvalue weighted by Gasteiger charge is -2.36. The molecule has 0 spiro atoms. The largest absolute Gasteiger partial charge is 0.481 e. The molecule has 0 bridgehead atoms. The summed E-state index contributed by atoms with van der Waals surface area (Å²) in [6, 6.07) is -0.343. The minimum absolute atomic E-state index is 0.0421. The molecule has 6 heteroatoms. The number of H-pyrrole nitrogens is 1. The Morgan fingerprint density at radius 3 is 2.88 bits per heavy atom. The van der Waals surface area contributed by atoms with Gasteiger partial charge in [0, 0.05) is 12.5 Å². The number of carbonyl (C=O) groups excluding carboxylic acids is 1. The quantitative estimate of drug-likeness (QED) is 0.801. The van der Waals surface area contributed by atoms with Crippen molar-refractivity contribution in [1.82, 2.24) is 10.2 Å². The highest BCUT2D eigenvalue weighted by Crippen LogP contribution is 2.30. The first-order valence-electron chi connectivity index (χ1n) is 5.57. The molecule has 0 unspecified atom stereocenters. The smallest absolute Gasteiger partial charge is 0.308 e. The molecule has 0 saturated carbocycles. The highest BCUT2D eigenvalue weighted by molar-refractivity contribution is 5.96. The zero-order valence-electron chi connectivity index (χ0n) is 9.80. The van der Waals surface area contributed by atoms with Gasteiger partial charge in [0.25, 0.3) is 0 Å². The summed E-state index contributed by atoms with van der Waals surface area (Å²) in [5.74, 6) is -1.40. The van der Waals surface area contributed by atoms with Crippen LogP contribution in [0.3, 0.4) is 0 Å². The first kappa shape index (κ1) is 11.6. The molecule has 2 heterocycles. The van der Waals surface area contributed by atoms with Gasteiger partial charge in [0.1, 0.15) is 0 Å². The standard InChI is InChI=1S/C11H15N3O3/c1-6-9(5-12-13-6)14-7(2)8(11(16)17)3-4-10(14)15/h5,7-8H,3-4H2,1-2H3,(H,12,13)(H,16,17)/t7-,8+/m1/s1. The molecule has 1 fully saturated rings. The second-order valence-electron chi connectivity index (χ2n) is 4.37. The molecule has 2 N–H and O–H groups in total. The normalized spacial score (nSPS) is 25.1. The maximum absolute atomic E-state index is 11.9. The van der Waals surface area contributed by atoms with Crippen LogP contribution in [-0.2, 0) is 9.59 Å². The molecule has 0 aromatic carbocycles. The van der Waals surface area contributed by atoms with Gasteiger partial charge in [0.05, 0.1) is 23.5 Å². The number of aromatic nitrogens is 2. The highest BCUT2D eigenvalue weighted by Gasteiger charge is 2.38. The van der Waals surface area contributed by atoms with Crippen LogP contribution in [0, 0.1) is 12.8 Å². The van der Waals surface area contributed by atoms with Crippen LogP contribution >= 0.6 is 0 Å². The van der Waals surface area contributed by atoms with E-state index in [1.807, 2.05) is 6.92 Å². The number of aromatic amines is 1. The molecule has 17 heavy (non-hydrogen) atoms. The lowest BCUT2D eigenvalue weighted by Crippen LogP contribution is -2.49. The topological polar surface area (TPSA) is 86.3 Å². The Balaban J connectivity index is 2.34. The highest BCUT2D eigenvalue weighted by atomic mass is 16.4. The van der Waals surface area contributed by atoms with Crippen LogP contribution in [0.1, 0.15) is 25.5 Å². The minimum atomic E-state index is -0.851. The first-order chi connectivity index (χ1) is 8.02. The third-order valence-corrected chi connectivity index (χ3v) is 3.31. The van der Waals surface area contributed by atoms with Crippen LogP contribution in [-0.4, -0.2) is 33.2 Å². The van der Waals surface area contributed by atoms with Gasteiger partial charge in [-0.25, -0.2) is 0 Å². The number of rotatable bonds is 2. The lowest BCUT2D eigenvalue weighted by atomic mass is 9.89. The minimum Gasteiger partial charge on any atom is -0.481 e. The Morgan fingerprint density at radius 2 is 2.35 bits per heavy atom. The third-order valence-electron chi connectivity index (χ3n) is 3.31. The molecule has 1 saturated heterocycles. The second-order valence-corrected chi connectivity index (χ2v) is 4.37. The van der Waals surface area contributed by atoms with E-state index in [9.17, 15) is 9.59 Å². The molecule has 2 atom stereocenters. The molecule has 1 aromatic heterocycles. The van der Waals surface area contributed by atoms with Crippen LogP contribution in [0.5, 0.6) is 0 Å². The number of nitrogens with one attached hydrogen (secondary N) is 1. The number of aryl methyl sites for hydroxylation is 1. The van der Waals surface area contributed by atoms with E-state index < -0.39 is 11.9 Å². The van der Waals surface area contributed by atoms with Crippen LogP contribution < -0.4 is 4.90 Å². The fourth-order valence-corrected chi connectivity index (χ4v) is 2.32. The van der Waals surface area contributed by atoms with Crippen molar-refractivity contribution >= 4 is 17.6 Å². The summed E-state index contributed by atoms with van der Waals surface area (Å²) in [4.78, 5) is 24.6. The summed E-state index contributed by atoms with van der Waals surface area (Å²) in [5.41, 5.74) is 1.45. The number of hydrogen-bond acceptors (Lipinski definition) is 3. The number of carboxylic acid groups (broad SMARTS) is 1. The van der Waals surface area contributed by atoms with Crippen molar-refractivity contribution < 1.29 is 14.7 Å². The number of anilines is 1. The number of hydrogen-bond donors (Lipinski definition) is 2. The van der Waals surface area contributed by atoms with Gasteiger partial charge in [-0.1, -0.05) is 0 Å². The maximum Gasteiger partial charge on any atom is 0.308 e. The van der Waals surface area contributed by atoms with Gasteiger partial charge in [-0.3, -0.25) is 14.7 Å². The zero-order valence-corrected chi connectivity index (χ0v) is 9.80. The van der Waals surface area contributed by atoms with E-state index in [-0.39, 0.29) is 18.4 Å².